The molecular weight excluding hydrogens is 237 g/mol. The molecule has 1 aromatic rings. The van der Waals surface area contributed by atoms with E-state index >= 15 is 0 Å². The normalized spacial score (nSPS) is 13.1. The zero-order valence-electron chi connectivity index (χ0n) is 10.8. The van der Waals surface area contributed by atoms with Gasteiger partial charge in [-0.15, -0.1) is 0 Å². The molecule has 0 saturated heterocycles. The Bertz CT molecular complexity index is 352. The first kappa shape index (κ1) is 14.5. The van der Waals surface area contributed by atoms with E-state index in [1.54, 1.807) is 6.07 Å². The first-order valence-electron chi connectivity index (χ1n) is 6.23. The van der Waals surface area contributed by atoms with Crippen LogP contribution >= 0.6 is 11.6 Å². The Morgan fingerprint density at radius 2 is 2.00 bits per heavy atom. The summed E-state index contributed by atoms with van der Waals surface area (Å²) in [6.45, 7) is 7.36. The van der Waals surface area contributed by atoms with Gasteiger partial charge >= 0.3 is 0 Å². The van der Waals surface area contributed by atoms with Crippen LogP contribution in [0.2, 0.25) is 5.02 Å². The average molecular weight is 258 g/mol. The Balaban J connectivity index is 2.81. The SMILES string of the molecule is CCNC(CCC(C)C)c1ccc(F)cc1Cl. The number of rotatable bonds is 6. The van der Waals surface area contributed by atoms with Crippen molar-refractivity contribution in [2.45, 2.75) is 39.7 Å². The minimum absolute atomic E-state index is 0.218. The summed E-state index contributed by atoms with van der Waals surface area (Å²) in [5.41, 5.74) is 0.996. The van der Waals surface area contributed by atoms with Crippen LogP contribution in [-0.2, 0) is 0 Å². The second kappa shape index (κ2) is 6.97. The second-order valence-corrected chi connectivity index (χ2v) is 5.15. The highest BCUT2D eigenvalue weighted by Gasteiger charge is 2.14. The molecule has 0 aromatic heterocycles. The van der Waals surface area contributed by atoms with Crippen molar-refractivity contribution in [1.29, 1.82) is 0 Å². The standard InChI is InChI=1S/C14H21ClFN/c1-4-17-14(8-5-10(2)3)12-7-6-11(16)9-13(12)15/h6-7,9-10,14,17H,4-5,8H2,1-3H3. The van der Waals surface area contributed by atoms with E-state index in [1.807, 2.05) is 0 Å². The maximum Gasteiger partial charge on any atom is 0.124 e. The van der Waals surface area contributed by atoms with Gasteiger partial charge in [-0.2, -0.15) is 0 Å². The molecule has 0 aliphatic carbocycles. The lowest BCUT2D eigenvalue weighted by Gasteiger charge is -2.20. The second-order valence-electron chi connectivity index (χ2n) is 4.75. The molecule has 0 aliphatic rings. The Hall–Kier alpha value is -0.600. The summed E-state index contributed by atoms with van der Waals surface area (Å²) in [6.07, 6.45) is 2.15. The Morgan fingerprint density at radius 1 is 1.29 bits per heavy atom. The summed E-state index contributed by atoms with van der Waals surface area (Å²) in [5.74, 6) is 0.383. The zero-order valence-corrected chi connectivity index (χ0v) is 11.5. The van der Waals surface area contributed by atoms with Gasteiger partial charge in [-0.3, -0.25) is 0 Å². The molecule has 0 spiro atoms. The van der Waals surface area contributed by atoms with Crippen LogP contribution in [0, 0.1) is 11.7 Å². The molecule has 0 saturated carbocycles. The van der Waals surface area contributed by atoms with Crippen molar-refractivity contribution in [2.24, 2.45) is 5.92 Å². The Labute approximate surface area is 108 Å². The van der Waals surface area contributed by atoms with E-state index < -0.39 is 0 Å². The fourth-order valence-corrected chi connectivity index (χ4v) is 2.20. The van der Waals surface area contributed by atoms with Gasteiger partial charge < -0.3 is 5.32 Å². The van der Waals surface area contributed by atoms with Crippen LogP contribution in [0.1, 0.15) is 45.2 Å². The lowest BCUT2D eigenvalue weighted by atomic mass is 9.97. The van der Waals surface area contributed by atoms with Gasteiger partial charge in [-0.25, -0.2) is 4.39 Å². The third-order valence-electron chi connectivity index (χ3n) is 2.82. The molecule has 0 aliphatic heterocycles. The maximum absolute atomic E-state index is 13.0. The monoisotopic (exact) mass is 257 g/mol. The van der Waals surface area contributed by atoms with Gasteiger partial charge in [-0.1, -0.05) is 38.4 Å². The van der Waals surface area contributed by atoms with E-state index in [1.165, 1.54) is 12.1 Å². The highest BCUT2D eigenvalue weighted by Crippen LogP contribution is 2.28. The van der Waals surface area contributed by atoms with Crippen molar-refractivity contribution in [3.8, 4) is 0 Å². The van der Waals surface area contributed by atoms with Gasteiger partial charge in [0.25, 0.3) is 0 Å². The number of hydrogen-bond donors (Lipinski definition) is 1. The molecule has 1 atom stereocenters. The van der Waals surface area contributed by atoms with Gasteiger partial charge in [0.15, 0.2) is 0 Å². The predicted molar refractivity (Wildman–Crippen MR) is 71.9 cm³/mol. The Kier molecular flexibility index (Phi) is 5.93. The molecule has 1 unspecified atom stereocenters. The molecule has 1 aromatic carbocycles. The topological polar surface area (TPSA) is 12.0 Å². The van der Waals surface area contributed by atoms with Crippen LogP contribution in [0.15, 0.2) is 18.2 Å². The van der Waals surface area contributed by atoms with Gasteiger partial charge in [0, 0.05) is 11.1 Å². The molecule has 3 heteroatoms. The lowest BCUT2D eigenvalue weighted by Crippen LogP contribution is -2.21. The summed E-state index contributed by atoms with van der Waals surface area (Å²) >= 11 is 6.10. The van der Waals surface area contributed by atoms with E-state index in [2.05, 4.69) is 26.1 Å². The third kappa shape index (κ3) is 4.64. The fraction of sp³-hybridized carbons (Fsp3) is 0.571. The van der Waals surface area contributed by atoms with Crippen molar-refractivity contribution in [2.75, 3.05) is 6.54 Å². The summed E-state index contributed by atoms with van der Waals surface area (Å²) in [6, 6.07) is 4.86. The van der Waals surface area contributed by atoms with Gasteiger partial charge in [0.2, 0.25) is 0 Å². The largest absolute Gasteiger partial charge is 0.310 e. The van der Waals surface area contributed by atoms with Crippen LogP contribution in [0.5, 0.6) is 0 Å². The fourth-order valence-electron chi connectivity index (χ4n) is 1.90. The lowest BCUT2D eigenvalue weighted by molar-refractivity contribution is 0.448. The summed E-state index contributed by atoms with van der Waals surface area (Å²) in [5, 5.41) is 3.92. The van der Waals surface area contributed by atoms with Gasteiger partial charge in [0.1, 0.15) is 5.82 Å². The van der Waals surface area contributed by atoms with E-state index in [0.717, 1.165) is 24.9 Å². The molecule has 1 rings (SSSR count). The molecule has 17 heavy (non-hydrogen) atoms. The first-order chi connectivity index (χ1) is 8.04. The minimum Gasteiger partial charge on any atom is -0.310 e. The highest BCUT2D eigenvalue weighted by atomic mass is 35.5. The number of halogens is 2. The molecule has 0 radical (unpaired) electrons. The predicted octanol–water partition coefficient (Wildman–Crippen LogP) is 4.57. The quantitative estimate of drug-likeness (QED) is 0.787. The van der Waals surface area contributed by atoms with Crippen LogP contribution in [-0.4, -0.2) is 6.54 Å². The van der Waals surface area contributed by atoms with Crippen LogP contribution in [0.3, 0.4) is 0 Å². The van der Waals surface area contributed by atoms with Crippen molar-refractivity contribution >= 4 is 11.6 Å². The van der Waals surface area contributed by atoms with E-state index in [9.17, 15) is 4.39 Å². The van der Waals surface area contributed by atoms with E-state index in [0.29, 0.717) is 10.9 Å². The number of nitrogens with one attached hydrogen (secondary N) is 1. The van der Waals surface area contributed by atoms with Crippen molar-refractivity contribution in [3.05, 3.63) is 34.6 Å². The van der Waals surface area contributed by atoms with Crippen molar-refractivity contribution in [3.63, 3.8) is 0 Å². The molecule has 1 nitrogen and oxygen atoms in total. The zero-order chi connectivity index (χ0) is 12.8. The van der Waals surface area contributed by atoms with Gasteiger partial charge in [0.05, 0.1) is 0 Å². The molecule has 0 fully saturated rings. The molecule has 0 bridgehead atoms. The van der Waals surface area contributed by atoms with Crippen molar-refractivity contribution in [1.82, 2.24) is 5.32 Å². The summed E-state index contributed by atoms with van der Waals surface area (Å²) < 4.78 is 13.0. The minimum atomic E-state index is -0.280. The number of benzene rings is 1. The number of hydrogen-bond acceptors (Lipinski definition) is 1. The van der Waals surface area contributed by atoms with Crippen molar-refractivity contribution < 1.29 is 4.39 Å². The molecule has 0 heterocycles. The average Bonchev–Trinajstić information content (AvgIpc) is 2.24. The third-order valence-corrected chi connectivity index (χ3v) is 3.15. The van der Waals surface area contributed by atoms with Gasteiger partial charge in [-0.05, 0) is 43.0 Å². The maximum atomic E-state index is 13.0. The molecular formula is C14H21ClFN. The van der Waals surface area contributed by atoms with E-state index in [4.69, 9.17) is 11.6 Å². The van der Waals surface area contributed by atoms with Crippen LogP contribution in [0.25, 0.3) is 0 Å². The van der Waals surface area contributed by atoms with Crippen LogP contribution in [0.4, 0.5) is 4.39 Å². The molecule has 96 valence electrons. The van der Waals surface area contributed by atoms with Crippen LogP contribution < -0.4 is 5.32 Å². The highest BCUT2D eigenvalue weighted by molar-refractivity contribution is 6.31. The first-order valence-corrected chi connectivity index (χ1v) is 6.60. The summed E-state index contributed by atoms with van der Waals surface area (Å²) in [4.78, 5) is 0. The molecule has 1 N–H and O–H groups in total. The van der Waals surface area contributed by atoms with E-state index in [-0.39, 0.29) is 11.9 Å². The molecule has 0 amide bonds. The Morgan fingerprint density at radius 3 is 2.53 bits per heavy atom. The summed E-state index contributed by atoms with van der Waals surface area (Å²) in [7, 11) is 0. The smallest absolute Gasteiger partial charge is 0.124 e.